The maximum absolute atomic E-state index is 14.5. The van der Waals surface area contributed by atoms with E-state index in [-0.39, 0.29) is 44.2 Å². The van der Waals surface area contributed by atoms with Crippen molar-refractivity contribution in [1.29, 1.82) is 0 Å². The second-order valence-electron chi connectivity index (χ2n) is 17.0. The summed E-state index contributed by atoms with van der Waals surface area (Å²) in [6.07, 6.45) is 11.4. The maximum atomic E-state index is 14.5. The first-order chi connectivity index (χ1) is 29.0. The van der Waals surface area contributed by atoms with Crippen LogP contribution in [0.15, 0.2) is 107 Å². The van der Waals surface area contributed by atoms with Crippen molar-refractivity contribution in [3.8, 4) is 17.2 Å². The number of aliphatic hydroxyl groups is 2. The molecule has 2 N–H and O–H groups in total. The number of hydrogen-bond acceptors (Lipinski definition) is 10. The van der Waals surface area contributed by atoms with E-state index >= 15 is 0 Å². The van der Waals surface area contributed by atoms with Gasteiger partial charge in [-0.05, 0) is 125 Å². The fraction of sp³-hybridized carbons (Fsp3) is 0.510. The van der Waals surface area contributed by atoms with Crippen LogP contribution < -0.4 is 9.47 Å². The summed E-state index contributed by atoms with van der Waals surface area (Å²) in [4.78, 5) is 23.7. The molecule has 2 aliphatic carbocycles. The number of thioether (sulfide) groups is 1. The summed E-state index contributed by atoms with van der Waals surface area (Å²) in [5, 5.41) is 24.8. The third-order valence-electron chi connectivity index (χ3n) is 11.6. The molecule has 1 saturated carbocycles. The molecule has 6 unspecified atom stereocenters. The van der Waals surface area contributed by atoms with Crippen molar-refractivity contribution in [2.45, 2.75) is 114 Å². The van der Waals surface area contributed by atoms with Gasteiger partial charge in [0.1, 0.15) is 35.5 Å². The Morgan fingerprint density at radius 1 is 1.00 bits per heavy atom. The number of unbranched alkanes of at least 4 members (excludes halogenated alkanes) is 2. The van der Waals surface area contributed by atoms with Crippen LogP contribution in [0.3, 0.4) is 0 Å². The summed E-state index contributed by atoms with van der Waals surface area (Å²) < 4.78 is 27.1. The molecule has 1 aliphatic heterocycles. The molecule has 1 heterocycles. The van der Waals surface area contributed by atoms with Crippen molar-refractivity contribution in [2.24, 2.45) is 22.9 Å². The van der Waals surface area contributed by atoms with Gasteiger partial charge in [-0.25, -0.2) is 4.79 Å². The maximum Gasteiger partial charge on any atom is 0.410 e. The Morgan fingerprint density at radius 2 is 1.72 bits per heavy atom. The average molecular weight is 841 g/mol. The minimum atomic E-state index is -1.37. The molecule has 6 rings (SSSR count). The van der Waals surface area contributed by atoms with Crippen LogP contribution in [-0.2, 0) is 20.9 Å². The molecule has 0 saturated heterocycles. The molecule has 0 spiro atoms. The second kappa shape index (κ2) is 21.0. The summed E-state index contributed by atoms with van der Waals surface area (Å²) in [5.74, 6) is 0.292. The fourth-order valence-electron chi connectivity index (χ4n) is 9.10. The number of carbonyl (C=O) groups excluding carboxylic acids is 1. The fourth-order valence-corrected chi connectivity index (χ4v) is 9.51. The molecular weight excluding hydrogens is 777 g/mol. The average Bonchev–Trinajstić information content (AvgIpc) is 3.25. The topological polar surface area (TPSA) is 119 Å². The lowest BCUT2D eigenvalue weighted by Crippen LogP contribution is -2.70. The van der Waals surface area contributed by atoms with Crippen LogP contribution in [0.5, 0.6) is 17.2 Å². The highest BCUT2D eigenvalue weighted by Crippen LogP contribution is 2.62. The summed E-state index contributed by atoms with van der Waals surface area (Å²) in [7, 11) is 0. The Hall–Kier alpha value is -4.29. The molecule has 3 aromatic carbocycles. The summed E-state index contributed by atoms with van der Waals surface area (Å²) in [5.41, 5.74) is 3.03. The van der Waals surface area contributed by atoms with Crippen LogP contribution in [0.4, 0.5) is 4.79 Å². The van der Waals surface area contributed by atoms with E-state index in [9.17, 15) is 15.0 Å². The van der Waals surface area contributed by atoms with Gasteiger partial charge in [0.2, 0.25) is 5.79 Å². The van der Waals surface area contributed by atoms with Crippen molar-refractivity contribution in [3.63, 3.8) is 0 Å². The molecule has 1 amide bonds. The van der Waals surface area contributed by atoms with E-state index in [1.54, 1.807) is 22.7 Å². The first kappa shape index (κ1) is 45.2. The van der Waals surface area contributed by atoms with Gasteiger partial charge >= 0.3 is 6.09 Å². The summed E-state index contributed by atoms with van der Waals surface area (Å²) in [6, 6.07) is 23.1. The number of amides is 1. The van der Waals surface area contributed by atoms with Crippen molar-refractivity contribution in [1.82, 2.24) is 4.90 Å². The van der Waals surface area contributed by atoms with Gasteiger partial charge in [0, 0.05) is 42.6 Å². The lowest BCUT2D eigenvalue weighted by atomic mass is 9.55. The van der Waals surface area contributed by atoms with Gasteiger partial charge in [-0.3, -0.25) is 4.90 Å². The lowest BCUT2D eigenvalue weighted by Gasteiger charge is -2.60. The Labute approximate surface area is 361 Å². The number of nitrogens with zero attached hydrogens (tertiary/aromatic N) is 2. The predicted molar refractivity (Wildman–Crippen MR) is 238 cm³/mol. The van der Waals surface area contributed by atoms with E-state index < -0.39 is 29.4 Å². The standard InChI is InChI=1S/C49H64N2O8S/c1-7-26-51(47(54)55-33-34-16-10-9-11-17-34)44-32-42(50-59-48(3,4)5)40-30-35(18-12-14-27-52)39(19-13-15-28-53)45-41-31-37(57-36-20-23-38(60-6)24-21-36)22-25-43(41)58-49(44,46(40)45)56-29-8-2/h8-11,16-17,20-25,30-31,35,39,44-46,52-53H,2,7,12-15,18-19,26-29,32-33H2,1,3-6H3. The lowest BCUT2D eigenvalue weighted by molar-refractivity contribution is -0.255. The van der Waals surface area contributed by atoms with Gasteiger partial charge < -0.3 is 34.0 Å². The SMILES string of the molecule is C=CCOC12Oc3ccc(Oc4ccc(SC)cc4)cc3C3C(CCCCO)C(CCCCO)C=C(C(=NOC(C)(C)C)CC1N(CCC)C(=O)OCc1ccccc1)C32. The third-order valence-corrected chi connectivity index (χ3v) is 12.4. The van der Waals surface area contributed by atoms with E-state index in [0.29, 0.717) is 43.7 Å². The molecule has 6 atom stereocenters. The van der Waals surface area contributed by atoms with Gasteiger partial charge in [0.05, 0.1) is 18.2 Å². The van der Waals surface area contributed by atoms with E-state index in [0.717, 1.165) is 58.7 Å². The minimum Gasteiger partial charge on any atom is -0.459 e. The van der Waals surface area contributed by atoms with Crippen molar-refractivity contribution >= 4 is 23.6 Å². The number of oxime groups is 1. The quantitative estimate of drug-likeness (QED) is 0.0496. The van der Waals surface area contributed by atoms with Crippen molar-refractivity contribution in [2.75, 3.05) is 32.6 Å². The number of hydrogen-bond donors (Lipinski definition) is 2. The van der Waals surface area contributed by atoms with Crippen LogP contribution >= 0.6 is 11.8 Å². The molecule has 1 fully saturated rings. The third kappa shape index (κ3) is 10.6. The van der Waals surface area contributed by atoms with Gasteiger partial charge in [-0.1, -0.05) is 67.4 Å². The zero-order valence-electron chi connectivity index (χ0n) is 36.0. The highest BCUT2D eigenvalue weighted by Gasteiger charge is 2.65. The first-order valence-electron chi connectivity index (χ1n) is 21.6. The van der Waals surface area contributed by atoms with Crippen LogP contribution in [-0.4, -0.2) is 77.0 Å². The largest absolute Gasteiger partial charge is 0.459 e. The summed E-state index contributed by atoms with van der Waals surface area (Å²) >= 11 is 1.68. The molecule has 10 nitrogen and oxygen atoms in total. The molecule has 11 heteroatoms. The van der Waals surface area contributed by atoms with Crippen molar-refractivity contribution < 1.29 is 38.8 Å². The minimum absolute atomic E-state index is 0.0858. The molecule has 3 aromatic rings. The van der Waals surface area contributed by atoms with E-state index in [1.807, 2.05) is 82.3 Å². The van der Waals surface area contributed by atoms with Gasteiger partial charge in [-0.2, -0.15) is 0 Å². The molecule has 3 aliphatic rings. The number of fused-ring (bicyclic) bond motifs is 2. The molecular formula is C49H64N2O8S. The number of carbonyl (C=O) groups is 1. The predicted octanol–water partition coefficient (Wildman–Crippen LogP) is 10.7. The normalized spacial score (nSPS) is 23.8. The number of aliphatic hydroxyl groups excluding tert-OH is 2. The van der Waals surface area contributed by atoms with Gasteiger partial charge in [0.25, 0.3) is 0 Å². The molecule has 0 bridgehead atoms. The van der Waals surface area contributed by atoms with Crippen LogP contribution in [0, 0.1) is 17.8 Å². The zero-order valence-corrected chi connectivity index (χ0v) is 36.8. The highest BCUT2D eigenvalue weighted by molar-refractivity contribution is 7.98. The van der Waals surface area contributed by atoms with Crippen molar-refractivity contribution in [3.05, 3.63) is 108 Å². The number of ether oxygens (including phenoxy) is 4. The van der Waals surface area contributed by atoms with Gasteiger partial charge in [-0.15, -0.1) is 18.3 Å². The van der Waals surface area contributed by atoms with E-state index in [2.05, 4.69) is 37.1 Å². The monoisotopic (exact) mass is 840 g/mol. The van der Waals surface area contributed by atoms with Crippen LogP contribution in [0.2, 0.25) is 0 Å². The van der Waals surface area contributed by atoms with E-state index in [4.69, 9.17) is 28.9 Å². The zero-order chi connectivity index (χ0) is 42.7. The van der Waals surface area contributed by atoms with Gasteiger partial charge in [0.15, 0.2) is 0 Å². The molecule has 60 heavy (non-hydrogen) atoms. The van der Waals surface area contributed by atoms with Crippen LogP contribution in [0.1, 0.15) is 96.1 Å². The first-order valence-corrected chi connectivity index (χ1v) is 22.8. The second-order valence-corrected chi connectivity index (χ2v) is 17.9. The number of allylic oxidation sites excluding steroid dienone is 1. The Kier molecular flexibility index (Phi) is 15.8. The number of benzene rings is 3. The highest BCUT2D eigenvalue weighted by atomic mass is 32.2. The Morgan fingerprint density at radius 3 is 2.38 bits per heavy atom. The Bertz CT molecular complexity index is 1930. The van der Waals surface area contributed by atoms with Crippen LogP contribution in [0.25, 0.3) is 0 Å². The molecule has 0 aromatic heterocycles. The number of rotatable bonds is 20. The summed E-state index contributed by atoms with van der Waals surface area (Å²) in [6.45, 7) is 12.9. The Balaban J connectivity index is 1.56. The molecule has 324 valence electrons. The smallest absolute Gasteiger partial charge is 0.410 e. The molecule has 0 radical (unpaired) electrons. The van der Waals surface area contributed by atoms with E-state index in [1.165, 1.54) is 0 Å².